The van der Waals surface area contributed by atoms with Gasteiger partial charge in [0.2, 0.25) is 0 Å². The van der Waals surface area contributed by atoms with Gasteiger partial charge in [-0.1, -0.05) is 5.22 Å². The highest BCUT2D eigenvalue weighted by atomic mass is 16.3. The van der Waals surface area contributed by atoms with E-state index in [0.717, 1.165) is 11.3 Å². The highest BCUT2D eigenvalue weighted by molar-refractivity contribution is 5.75. The van der Waals surface area contributed by atoms with Crippen LogP contribution >= 0.6 is 0 Å². The summed E-state index contributed by atoms with van der Waals surface area (Å²) in [5, 5.41) is 19.9. The highest BCUT2D eigenvalue weighted by Gasteiger charge is 1.99. The van der Waals surface area contributed by atoms with Crippen molar-refractivity contribution in [3.63, 3.8) is 0 Å². The molecule has 1 aromatic carbocycles. The number of phenols is 1. The molecular formula is C7H8N4O. The molecular weight excluding hydrogens is 156 g/mol. The average Bonchev–Trinajstić information content (AvgIpc) is 2.10. The maximum Gasteiger partial charge on any atom is 0.115 e. The molecule has 0 atom stereocenters. The summed E-state index contributed by atoms with van der Waals surface area (Å²) in [5.41, 5.74) is 7.26. The molecule has 0 fully saturated rings. The second kappa shape index (κ2) is 3.47. The molecule has 0 unspecified atom stereocenters. The molecule has 5 heteroatoms. The summed E-state index contributed by atoms with van der Waals surface area (Å²) >= 11 is 0. The van der Waals surface area contributed by atoms with Crippen molar-refractivity contribution in [3.8, 4) is 5.75 Å². The fourth-order valence-corrected chi connectivity index (χ4v) is 0.767. The van der Waals surface area contributed by atoms with Crippen LogP contribution in [0, 0.1) is 10.9 Å². The van der Waals surface area contributed by atoms with Crippen molar-refractivity contribution in [1.29, 1.82) is 10.9 Å². The van der Waals surface area contributed by atoms with Gasteiger partial charge in [0, 0.05) is 0 Å². The van der Waals surface area contributed by atoms with E-state index in [1.165, 1.54) is 12.1 Å². The lowest BCUT2D eigenvalue weighted by molar-refractivity contribution is 0.475. The van der Waals surface area contributed by atoms with E-state index in [1.54, 1.807) is 12.1 Å². The maximum atomic E-state index is 8.93. The number of benzene rings is 1. The zero-order valence-electron chi connectivity index (χ0n) is 6.23. The Morgan fingerprint density at radius 2 is 1.92 bits per heavy atom. The Morgan fingerprint density at radius 1 is 1.33 bits per heavy atom. The number of aromatic hydroxyl groups is 1. The van der Waals surface area contributed by atoms with Crippen molar-refractivity contribution in [2.75, 3.05) is 5.01 Å². The number of hydrogen-bond donors (Lipinski definition) is 3. The summed E-state index contributed by atoms with van der Waals surface area (Å²) < 4.78 is 0. The predicted octanol–water partition coefficient (Wildman–Crippen LogP) is 1.75. The van der Waals surface area contributed by atoms with Crippen LogP contribution in [0.2, 0.25) is 0 Å². The van der Waals surface area contributed by atoms with E-state index in [0.29, 0.717) is 5.69 Å². The van der Waals surface area contributed by atoms with Crippen molar-refractivity contribution >= 4 is 12.0 Å². The lowest BCUT2D eigenvalue weighted by atomic mass is 10.3. The van der Waals surface area contributed by atoms with Crippen LogP contribution in [0.25, 0.3) is 0 Å². The Kier molecular flexibility index (Phi) is 2.37. The molecule has 0 saturated heterocycles. The minimum Gasteiger partial charge on any atom is -0.508 e. The lowest BCUT2D eigenvalue weighted by Gasteiger charge is -2.08. The normalized spacial score (nSPS) is 9.00. The molecule has 5 nitrogen and oxygen atoms in total. The van der Waals surface area contributed by atoms with Gasteiger partial charge in [-0.15, -0.1) is 0 Å². The first kappa shape index (κ1) is 8.19. The first-order chi connectivity index (χ1) is 5.77. The van der Waals surface area contributed by atoms with Crippen LogP contribution in [0.5, 0.6) is 5.75 Å². The van der Waals surface area contributed by atoms with E-state index in [1.807, 2.05) is 0 Å². The minimum atomic E-state index is 0.147. The largest absolute Gasteiger partial charge is 0.508 e. The number of rotatable bonds is 3. The van der Waals surface area contributed by atoms with Crippen molar-refractivity contribution in [2.24, 2.45) is 5.22 Å². The summed E-state index contributed by atoms with van der Waals surface area (Å²) in [7, 11) is 0. The van der Waals surface area contributed by atoms with Crippen LogP contribution in [-0.4, -0.2) is 11.4 Å². The molecule has 0 aliphatic carbocycles. The van der Waals surface area contributed by atoms with Gasteiger partial charge in [0.15, 0.2) is 0 Å². The predicted molar refractivity (Wildman–Crippen MR) is 44.5 cm³/mol. The number of nitrogens with zero attached hydrogens (tertiary/aromatic N) is 2. The van der Waals surface area contributed by atoms with Crippen LogP contribution in [0.4, 0.5) is 5.69 Å². The molecule has 1 aromatic rings. The van der Waals surface area contributed by atoms with E-state index >= 15 is 0 Å². The molecule has 0 heterocycles. The molecule has 3 N–H and O–H groups in total. The van der Waals surface area contributed by atoms with Gasteiger partial charge in [-0.3, -0.25) is 5.41 Å². The zero-order chi connectivity index (χ0) is 8.97. The van der Waals surface area contributed by atoms with E-state index < -0.39 is 0 Å². The third kappa shape index (κ3) is 1.57. The summed E-state index contributed by atoms with van der Waals surface area (Å²) in [6, 6.07) is 6.07. The first-order valence-corrected chi connectivity index (χ1v) is 3.24. The molecule has 0 aliphatic heterocycles. The molecule has 0 saturated carbocycles. The Bertz CT molecular complexity index is 274. The Labute approximate surface area is 69.2 Å². The second-order valence-electron chi connectivity index (χ2n) is 2.09. The van der Waals surface area contributed by atoms with Crippen molar-refractivity contribution in [1.82, 2.24) is 0 Å². The van der Waals surface area contributed by atoms with Crippen LogP contribution in [0.3, 0.4) is 0 Å². The van der Waals surface area contributed by atoms with Crippen LogP contribution in [0.15, 0.2) is 29.5 Å². The van der Waals surface area contributed by atoms with Crippen LogP contribution < -0.4 is 5.01 Å². The third-order valence-corrected chi connectivity index (χ3v) is 1.34. The van der Waals surface area contributed by atoms with Gasteiger partial charge in [0.1, 0.15) is 12.1 Å². The van der Waals surface area contributed by atoms with Crippen molar-refractivity contribution < 1.29 is 5.11 Å². The summed E-state index contributed by atoms with van der Waals surface area (Å²) in [6.07, 6.45) is 0.916. The van der Waals surface area contributed by atoms with Crippen LogP contribution in [0.1, 0.15) is 0 Å². The van der Waals surface area contributed by atoms with Gasteiger partial charge in [0.25, 0.3) is 0 Å². The van der Waals surface area contributed by atoms with Crippen molar-refractivity contribution in [2.45, 2.75) is 0 Å². The second-order valence-corrected chi connectivity index (χ2v) is 2.09. The maximum absolute atomic E-state index is 8.93. The zero-order valence-corrected chi connectivity index (χ0v) is 6.23. The minimum absolute atomic E-state index is 0.147. The van der Waals surface area contributed by atoms with E-state index in [2.05, 4.69) is 5.22 Å². The summed E-state index contributed by atoms with van der Waals surface area (Å²) in [6.45, 7) is 0. The van der Waals surface area contributed by atoms with Gasteiger partial charge in [-0.2, -0.15) is 5.53 Å². The Balaban J connectivity index is 2.94. The summed E-state index contributed by atoms with van der Waals surface area (Å²) in [5.74, 6) is 0.147. The molecule has 0 spiro atoms. The average molecular weight is 164 g/mol. The molecule has 0 aliphatic rings. The summed E-state index contributed by atoms with van der Waals surface area (Å²) in [4.78, 5) is 0. The van der Waals surface area contributed by atoms with Gasteiger partial charge in [-0.05, 0) is 24.3 Å². The topological polar surface area (TPSA) is 83.5 Å². The highest BCUT2D eigenvalue weighted by Crippen LogP contribution is 2.17. The fourth-order valence-electron chi connectivity index (χ4n) is 0.767. The SMILES string of the molecule is N=CN(N=N)c1ccc(O)cc1. The van der Waals surface area contributed by atoms with Gasteiger partial charge >= 0.3 is 0 Å². The Morgan fingerprint density at radius 3 is 2.33 bits per heavy atom. The monoisotopic (exact) mass is 164 g/mol. The van der Waals surface area contributed by atoms with Gasteiger partial charge < -0.3 is 5.11 Å². The molecule has 1 rings (SSSR count). The number of nitrogens with one attached hydrogen (secondary N) is 2. The number of hydrogen-bond acceptors (Lipinski definition) is 4. The quantitative estimate of drug-likeness (QED) is 0.275. The smallest absolute Gasteiger partial charge is 0.115 e. The third-order valence-electron chi connectivity index (χ3n) is 1.34. The lowest BCUT2D eigenvalue weighted by Crippen LogP contribution is -2.10. The molecule has 12 heavy (non-hydrogen) atoms. The Hall–Kier alpha value is -1.91. The van der Waals surface area contributed by atoms with E-state index in [9.17, 15) is 0 Å². The standard InChI is InChI=1S/C7H8N4O/c8-5-11(10-9)6-1-3-7(12)4-2-6/h1-5,8-9,12H. The van der Waals surface area contributed by atoms with Gasteiger partial charge in [-0.25, -0.2) is 5.01 Å². The van der Waals surface area contributed by atoms with Gasteiger partial charge in [0.05, 0.1) is 5.69 Å². The molecule has 0 radical (unpaired) electrons. The molecule has 0 amide bonds. The van der Waals surface area contributed by atoms with E-state index in [-0.39, 0.29) is 5.75 Å². The molecule has 0 bridgehead atoms. The fraction of sp³-hybridized carbons (Fsp3) is 0. The number of anilines is 1. The molecule has 62 valence electrons. The van der Waals surface area contributed by atoms with Crippen LogP contribution in [-0.2, 0) is 0 Å². The first-order valence-electron chi connectivity index (χ1n) is 3.24. The number of phenolic OH excluding ortho intramolecular Hbond substituents is 1. The molecule has 0 aromatic heterocycles. The van der Waals surface area contributed by atoms with E-state index in [4.69, 9.17) is 16.0 Å². The van der Waals surface area contributed by atoms with Crippen molar-refractivity contribution in [3.05, 3.63) is 24.3 Å².